The molecule has 0 aliphatic heterocycles. The van der Waals surface area contributed by atoms with E-state index in [9.17, 15) is 4.39 Å². The summed E-state index contributed by atoms with van der Waals surface area (Å²) in [4.78, 5) is 0. The van der Waals surface area contributed by atoms with Crippen LogP contribution < -0.4 is 5.73 Å². The number of halogens is 1. The van der Waals surface area contributed by atoms with E-state index in [0.717, 1.165) is 24.0 Å². The first kappa shape index (κ1) is 10.5. The van der Waals surface area contributed by atoms with Crippen molar-refractivity contribution in [3.63, 3.8) is 0 Å². The van der Waals surface area contributed by atoms with Crippen LogP contribution in [0.2, 0.25) is 0 Å². The monoisotopic (exact) mass is 227 g/mol. The minimum atomic E-state index is -0.206. The molecule has 0 spiro atoms. The molecular weight excluding hydrogens is 213 g/mol. The predicted molar refractivity (Wildman–Crippen MR) is 66.9 cm³/mol. The molecule has 1 fully saturated rings. The average molecular weight is 227 g/mol. The zero-order valence-corrected chi connectivity index (χ0v) is 9.49. The molecule has 1 saturated carbocycles. The third-order valence-corrected chi connectivity index (χ3v) is 3.40. The summed E-state index contributed by atoms with van der Waals surface area (Å²) in [5.74, 6) is -0.206. The lowest BCUT2D eigenvalue weighted by atomic mass is 9.99. The van der Waals surface area contributed by atoms with Gasteiger partial charge in [-0.3, -0.25) is 0 Å². The van der Waals surface area contributed by atoms with Crippen molar-refractivity contribution in [2.75, 3.05) is 0 Å². The minimum absolute atomic E-state index is 0.115. The second-order valence-corrected chi connectivity index (χ2v) is 4.74. The smallest absolute Gasteiger partial charge is 0.123 e. The normalized spacial score (nSPS) is 16.8. The Balaban J connectivity index is 2.00. The van der Waals surface area contributed by atoms with Crippen LogP contribution in [0.15, 0.2) is 48.5 Å². The van der Waals surface area contributed by atoms with Gasteiger partial charge in [-0.2, -0.15) is 0 Å². The molecule has 0 atom stereocenters. The molecule has 0 amide bonds. The fraction of sp³-hybridized carbons (Fsp3) is 0.200. The highest BCUT2D eigenvalue weighted by atomic mass is 19.1. The van der Waals surface area contributed by atoms with Gasteiger partial charge in [0.05, 0.1) is 0 Å². The van der Waals surface area contributed by atoms with Gasteiger partial charge in [0.2, 0.25) is 0 Å². The SMILES string of the molecule is NC1(c2cccc(-c3ccc(F)cc3)c2)CC1. The number of rotatable bonds is 2. The van der Waals surface area contributed by atoms with Crippen molar-refractivity contribution >= 4 is 0 Å². The van der Waals surface area contributed by atoms with Gasteiger partial charge in [-0.25, -0.2) is 4.39 Å². The first-order valence-electron chi connectivity index (χ1n) is 5.83. The summed E-state index contributed by atoms with van der Waals surface area (Å²) in [6.45, 7) is 0. The summed E-state index contributed by atoms with van der Waals surface area (Å²) in [7, 11) is 0. The molecule has 3 rings (SSSR count). The molecular formula is C15H14FN. The van der Waals surface area contributed by atoms with Crippen molar-refractivity contribution in [2.24, 2.45) is 5.73 Å². The maximum atomic E-state index is 12.9. The Bertz CT molecular complexity index is 541. The van der Waals surface area contributed by atoms with Crippen molar-refractivity contribution < 1.29 is 4.39 Å². The second-order valence-electron chi connectivity index (χ2n) is 4.74. The molecule has 0 heterocycles. The maximum absolute atomic E-state index is 12.9. The Labute approximate surface area is 100 Å². The van der Waals surface area contributed by atoms with Gasteiger partial charge in [0.15, 0.2) is 0 Å². The predicted octanol–water partition coefficient (Wildman–Crippen LogP) is 3.44. The van der Waals surface area contributed by atoms with Gasteiger partial charge < -0.3 is 5.73 Å². The van der Waals surface area contributed by atoms with E-state index in [1.165, 1.54) is 17.7 Å². The summed E-state index contributed by atoms with van der Waals surface area (Å²) < 4.78 is 12.9. The summed E-state index contributed by atoms with van der Waals surface area (Å²) in [5, 5.41) is 0. The van der Waals surface area contributed by atoms with Gasteiger partial charge in [0.1, 0.15) is 5.82 Å². The molecule has 2 heteroatoms. The molecule has 1 nitrogen and oxygen atoms in total. The molecule has 0 radical (unpaired) electrons. The van der Waals surface area contributed by atoms with Gasteiger partial charge >= 0.3 is 0 Å². The Kier molecular flexibility index (Phi) is 2.26. The van der Waals surface area contributed by atoms with E-state index in [2.05, 4.69) is 12.1 Å². The molecule has 0 aromatic heterocycles. The number of hydrogen-bond acceptors (Lipinski definition) is 1. The van der Waals surface area contributed by atoms with Crippen LogP contribution in [-0.2, 0) is 5.54 Å². The van der Waals surface area contributed by atoms with E-state index in [4.69, 9.17) is 5.73 Å². The van der Waals surface area contributed by atoms with Crippen LogP contribution >= 0.6 is 0 Å². The molecule has 17 heavy (non-hydrogen) atoms. The molecule has 0 bridgehead atoms. The Hall–Kier alpha value is -1.67. The fourth-order valence-corrected chi connectivity index (χ4v) is 2.07. The zero-order chi connectivity index (χ0) is 11.9. The van der Waals surface area contributed by atoms with Crippen LogP contribution in [0.1, 0.15) is 18.4 Å². The fourth-order valence-electron chi connectivity index (χ4n) is 2.07. The number of hydrogen-bond donors (Lipinski definition) is 1. The highest BCUT2D eigenvalue weighted by molar-refractivity contribution is 5.64. The third-order valence-electron chi connectivity index (χ3n) is 3.40. The van der Waals surface area contributed by atoms with Gasteiger partial charge in [-0.1, -0.05) is 30.3 Å². The van der Waals surface area contributed by atoms with E-state index in [-0.39, 0.29) is 11.4 Å². The third kappa shape index (κ3) is 1.96. The van der Waals surface area contributed by atoms with Gasteiger partial charge in [0.25, 0.3) is 0 Å². The van der Waals surface area contributed by atoms with Gasteiger partial charge in [-0.15, -0.1) is 0 Å². The van der Waals surface area contributed by atoms with Crippen LogP contribution in [0.5, 0.6) is 0 Å². The topological polar surface area (TPSA) is 26.0 Å². The van der Waals surface area contributed by atoms with Gasteiger partial charge in [-0.05, 0) is 47.7 Å². The first-order valence-corrected chi connectivity index (χ1v) is 5.83. The molecule has 0 saturated heterocycles. The molecule has 86 valence electrons. The first-order chi connectivity index (χ1) is 8.17. The zero-order valence-electron chi connectivity index (χ0n) is 9.49. The van der Waals surface area contributed by atoms with E-state index < -0.39 is 0 Å². The van der Waals surface area contributed by atoms with Crippen LogP contribution in [0.3, 0.4) is 0 Å². The molecule has 1 aliphatic carbocycles. The summed E-state index contributed by atoms with van der Waals surface area (Å²) >= 11 is 0. The van der Waals surface area contributed by atoms with E-state index in [0.29, 0.717) is 0 Å². The van der Waals surface area contributed by atoms with Crippen molar-refractivity contribution in [2.45, 2.75) is 18.4 Å². The van der Waals surface area contributed by atoms with Crippen molar-refractivity contribution in [1.29, 1.82) is 0 Å². The molecule has 1 aliphatic rings. The Morgan fingerprint density at radius 1 is 0.941 bits per heavy atom. The van der Waals surface area contributed by atoms with E-state index in [1.54, 1.807) is 12.1 Å². The standard InChI is InChI=1S/C15H14FN/c16-14-6-4-11(5-7-14)12-2-1-3-13(10-12)15(17)8-9-15/h1-7,10H,8-9,17H2. The summed E-state index contributed by atoms with van der Waals surface area (Å²) in [5.41, 5.74) is 9.37. The lowest BCUT2D eigenvalue weighted by Crippen LogP contribution is -2.18. The number of nitrogens with two attached hydrogens (primary N) is 1. The molecule has 0 unspecified atom stereocenters. The van der Waals surface area contributed by atoms with Crippen molar-refractivity contribution in [3.8, 4) is 11.1 Å². The quantitative estimate of drug-likeness (QED) is 0.835. The maximum Gasteiger partial charge on any atom is 0.123 e. The highest BCUT2D eigenvalue weighted by Crippen LogP contribution is 2.43. The molecule has 2 aromatic rings. The van der Waals surface area contributed by atoms with Crippen LogP contribution in [0, 0.1) is 5.82 Å². The second kappa shape index (κ2) is 3.67. The number of benzene rings is 2. The highest BCUT2D eigenvalue weighted by Gasteiger charge is 2.39. The van der Waals surface area contributed by atoms with Crippen LogP contribution in [0.4, 0.5) is 4.39 Å². The molecule has 2 aromatic carbocycles. The summed E-state index contributed by atoms with van der Waals surface area (Å²) in [6.07, 6.45) is 2.11. The average Bonchev–Trinajstić information content (AvgIpc) is 3.10. The van der Waals surface area contributed by atoms with Crippen molar-refractivity contribution in [1.82, 2.24) is 0 Å². The lowest BCUT2D eigenvalue weighted by Gasteiger charge is -2.11. The van der Waals surface area contributed by atoms with Gasteiger partial charge in [0, 0.05) is 5.54 Å². The molecule has 2 N–H and O–H groups in total. The van der Waals surface area contributed by atoms with Crippen LogP contribution in [-0.4, -0.2) is 0 Å². The lowest BCUT2D eigenvalue weighted by molar-refractivity contribution is 0.628. The largest absolute Gasteiger partial charge is 0.321 e. The van der Waals surface area contributed by atoms with E-state index in [1.807, 2.05) is 12.1 Å². The Morgan fingerprint density at radius 3 is 2.29 bits per heavy atom. The summed E-state index contributed by atoms with van der Waals surface area (Å²) in [6, 6.07) is 14.8. The van der Waals surface area contributed by atoms with E-state index >= 15 is 0 Å². The Morgan fingerprint density at radius 2 is 1.65 bits per heavy atom. The van der Waals surface area contributed by atoms with Crippen molar-refractivity contribution in [3.05, 3.63) is 59.9 Å². The van der Waals surface area contributed by atoms with Crippen LogP contribution in [0.25, 0.3) is 11.1 Å². The minimum Gasteiger partial charge on any atom is -0.321 e.